The number of ether oxygens (including phenoxy) is 3. The summed E-state index contributed by atoms with van der Waals surface area (Å²) in [7, 11) is 0. The Morgan fingerprint density at radius 3 is 2.54 bits per heavy atom. The second kappa shape index (κ2) is 11.3. The van der Waals surface area contributed by atoms with Crippen LogP contribution in [-0.4, -0.2) is 30.8 Å². The lowest BCUT2D eigenvalue weighted by atomic mass is 9.89. The van der Waals surface area contributed by atoms with Crippen molar-refractivity contribution in [1.29, 1.82) is 0 Å². The zero-order chi connectivity index (χ0) is 28.2. The fourth-order valence-corrected chi connectivity index (χ4v) is 5.34. The van der Waals surface area contributed by atoms with Crippen LogP contribution in [0.15, 0.2) is 103 Å². The Morgan fingerprint density at radius 1 is 0.976 bits per heavy atom. The van der Waals surface area contributed by atoms with Crippen molar-refractivity contribution in [2.24, 2.45) is 0 Å². The third-order valence-corrected chi connectivity index (χ3v) is 7.27. The minimum absolute atomic E-state index is 0.233. The SMILES string of the molecule is CC12CC(NC(=O)N1c1cccc(C(=O)NCCOc3ccccc3)c1)c1cccc(OCc3ccccc3)c1O2. The summed E-state index contributed by atoms with van der Waals surface area (Å²) in [5, 5.41) is 6.00. The first-order chi connectivity index (χ1) is 20.0. The van der Waals surface area contributed by atoms with Gasteiger partial charge in [0, 0.05) is 17.5 Å². The van der Waals surface area contributed by atoms with Gasteiger partial charge in [-0.15, -0.1) is 0 Å². The van der Waals surface area contributed by atoms with Crippen LogP contribution in [0.1, 0.15) is 40.9 Å². The highest BCUT2D eigenvalue weighted by Gasteiger charge is 2.50. The lowest BCUT2D eigenvalue weighted by molar-refractivity contribution is 0.0338. The molecular weight excluding hydrogens is 518 g/mol. The number of benzene rings is 4. The molecule has 0 aliphatic carbocycles. The molecule has 208 valence electrons. The van der Waals surface area contributed by atoms with Gasteiger partial charge in [-0.05, 0) is 48.9 Å². The predicted molar refractivity (Wildman–Crippen MR) is 155 cm³/mol. The molecule has 6 rings (SSSR count). The fourth-order valence-electron chi connectivity index (χ4n) is 5.34. The highest BCUT2D eigenvalue weighted by molar-refractivity contribution is 5.99. The van der Waals surface area contributed by atoms with Gasteiger partial charge in [0.05, 0.1) is 18.3 Å². The van der Waals surface area contributed by atoms with Gasteiger partial charge in [0.25, 0.3) is 5.91 Å². The normalized spacial score (nSPS) is 18.9. The van der Waals surface area contributed by atoms with Crippen LogP contribution in [0.25, 0.3) is 0 Å². The quantitative estimate of drug-likeness (QED) is 0.256. The maximum atomic E-state index is 13.4. The number of nitrogens with one attached hydrogen (secondary N) is 2. The Kier molecular flexibility index (Phi) is 7.20. The first-order valence-electron chi connectivity index (χ1n) is 13.7. The Morgan fingerprint density at radius 2 is 1.73 bits per heavy atom. The Labute approximate surface area is 238 Å². The van der Waals surface area contributed by atoms with Gasteiger partial charge < -0.3 is 24.8 Å². The van der Waals surface area contributed by atoms with Crippen molar-refractivity contribution in [1.82, 2.24) is 10.6 Å². The van der Waals surface area contributed by atoms with E-state index in [1.54, 1.807) is 29.2 Å². The third kappa shape index (κ3) is 5.54. The molecule has 2 atom stereocenters. The monoisotopic (exact) mass is 549 g/mol. The van der Waals surface area contributed by atoms with E-state index in [9.17, 15) is 9.59 Å². The summed E-state index contributed by atoms with van der Waals surface area (Å²) in [6, 6.07) is 31.6. The molecular formula is C33H31N3O5. The van der Waals surface area contributed by atoms with E-state index in [1.807, 2.05) is 85.8 Å². The van der Waals surface area contributed by atoms with Crippen LogP contribution >= 0.6 is 0 Å². The second-order valence-corrected chi connectivity index (χ2v) is 10.2. The Hall–Kier alpha value is -4.98. The summed E-state index contributed by atoms with van der Waals surface area (Å²) in [4.78, 5) is 27.9. The molecule has 0 saturated carbocycles. The van der Waals surface area contributed by atoms with Gasteiger partial charge in [-0.3, -0.25) is 9.69 Å². The molecule has 2 heterocycles. The average Bonchev–Trinajstić information content (AvgIpc) is 2.99. The number of nitrogens with zero attached hydrogens (tertiary/aromatic N) is 1. The smallest absolute Gasteiger partial charge is 0.325 e. The molecule has 2 unspecified atom stereocenters. The molecule has 8 nitrogen and oxygen atoms in total. The van der Waals surface area contributed by atoms with Crippen molar-refractivity contribution in [2.75, 3.05) is 18.1 Å². The number of carbonyl (C=O) groups excluding carboxylic acids is 2. The van der Waals surface area contributed by atoms with Crippen LogP contribution in [0.2, 0.25) is 0 Å². The molecule has 2 aliphatic heterocycles. The molecule has 2 N–H and O–H groups in total. The fraction of sp³-hybridized carbons (Fsp3) is 0.212. The number of amides is 3. The molecule has 0 aromatic heterocycles. The Bertz CT molecular complexity index is 1550. The second-order valence-electron chi connectivity index (χ2n) is 10.2. The largest absolute Gasteiger partial charge is 0.492 e. The van der Waals surface area contributed by atoms with Crippen LogP contribution in [0.5, 0.6) is 17.2 Å². The number of hydrogen-bond acceptors (Lipinski definition) is 5. The molecule has 4 aromatic carbocycles. The first kappa shape index (κ1) is 26.3. The van der Waals surface area contributed by atoms with Gasteiger partial charge in [-0.25, -0.2) is 4.79 Å². The molecule has 2 aliphatic rings. The maximum Gasteiger partial charge on any atom is 0.325 e. The molecule has 41 heavy (non-hydrogen) atoms. The van der Waals surface area contributed by atoms with Gasteiger partial charge in [-0.2, -0.15) is 0 Å². The molecule has 2 bridgehead atoms. The van der Waals surface area contributed by atoms with Gasteiger partial charge in [-0.1, -0.05) is 66.7 Å². The van der Waals surface area contributed by atoms with E-state index in [-0.39, 0.29) is 18.0 Å². The molecule has 3 amide bonds. The van der Waals surface area contributed by atoms with Crippen LogP contribution in [0, 0.1) is 0 Å². The van der Waals surface area contributed by atoms with Crippen molar-refractivity contribution >= 4 is 17.6 Å². The lowest BCUT2D eigenvalue weighted by Gasteiger charge is -2.50. The zero-order valence-electron chi connectivity index (χ0n) is 22.7. The van der Waals surface area contributed by atoms with Crippen molar-refractivity contribution in [3.63, 3.8) is 0 Å². The highest BCUT2D eigenvalue weighted by Crippen LogP contribution is 2.49. The molecule has 8 heteroatoms. The van der Waals surface area contributed by atoms with Gasteiger partial charge >= 0.3 is 6.03 Å². The summed E-state index contributed by atoms with van der Waals surface area (Å²) < 4.78 is 18.4. The van der Waals surface area contributed by atoms with E-state index in [0.29, 0.717) is 48.9 Å². The van der Waals surface area contributed by atoms with Crippen molar-refractivity contribution in [2.45, 2.75) is 31.7 Å². The van der Waals surface area contributed by atoms with E-state index in [4.69, 9.17) is 14.2 Å². The number of anilines is 1. The number of urea groups is 1. The van der Waals surface area contributed by atoms with E-state index in [0.717, 1.165) is 16.9 Å². The number of fused-ring (bicyclic) bond motifs is 4. The van der Waals surface area contributed by atoms with Gasteiger partial charge in [0.2, 0.25) is 0 Å². The van der Waals surface area contributed by atoms with Crippen LogP contribution in [0.3, 0.4) is 0 Å². The van der Waals surface area contributed by atoms with Crippen LogP contribution in [-0.2, 0) is 6.61 Å². The standard InChI is InChI=1S/C33H31N3O5/c1-33-21-28(27-16-9-17-29(30(27)41-33)40-22-23-10-4-2-5-11-23)35-32(38)36(33)25-13-8-12-24(20-25)31(37)34-18-19-39-26-14-6-3-7-15-26/h2-17,20,28H,18-19,21-22H2,1H3,(H,34,37)(H,35,38). The molecule has 4 aromatic rings. The summed E-state index contributed by atoms with van der Waals surface area (Å²) in [5.41, 5.74) is 1.92. The minimum Gasteiger partial charge on any atom is -0.492 e. The van der Waals surface area contributed by atoms with Crippen molar-refractivity contribution in [3.8, 4) is 17.2 Å². The lowest BCUT2D eigenvalue weighted by Crippen LogP contribution is -2.65. The topological polar surface area (TPSA) is 89.1 Å². The van der Waals surface area contributed by atoms with Crippen molar-refractivity contribution in [3.05, 3.63) is 120 Å². The zero-order valence-corrected chi connectivity index (χ0v) is 22.7. The van der Waals surface area contributed by atoms with E-state index < -0.39 is 5.72 Å². The average molecular weight is 550 g/mol. The predicted octanol–water partition coefficient (Wildman–Crippen LogP) is 5.84. The summed E-state index contributed by atoms with van der Waals surface area (Å²) in [5.74, 6) is 1.72. The van der Waals surface area contributed by atoms with Crippen molar-refractivity contribution < 1.29 is 23.8 Å². The number of carbonyl (C=O) groups is 2. The summed E-state index contributed by atoms with van der Waals surface area (Å²) in [6.07, 6.45) is 0.529. The maximum absolute atomic E-state index is 13.4. The first-order valence-corrected chi connectivity index (χ1v) is 13.7. The van der Waals surface area contributed by atoms with E-state index in [1.165, 1.54) is 0 Å². The molecule has 0 radical (unpaired) electrons. The van der Waals surface area contributed by atoms with Gasteiger partial charge in [0.1, 0.15) is 19.0 Å². The molecule has 1 fully saturated rings. The number of hydrogen-bond donors (Lipinski definition) is 2. The van der Waals surface area contributed by atoms with Crippen LogP contribution in [0.4, 0.5) is 10.5 Å². The third-order valence-electron chi connectivity index (χ3n) is 7.27. The Balaban J connectivity index is 1.18. The summed E-state index contributed by atoms with van der Waals surface area (Å²) >= 11 is 0. The summed E-state index contributed by atoms with van der Waals surface area (Å²) in [6.45, 7) is 2.97. The van der Waals surface area contributed by atoms with E-state index >= 15 is 0 Å². The van der Waals surface area contributed by atoms with Crippen LogP contribution < -0.4 is 29.7 Å². The molecule has 0 spiro atoms. The molecule has 1 saturated heterocycles. The number of para-hydroxylation sites is 2. The number of rotatable bonds is 9. The van der Waals surface area contributed by atoms with Gasteiger partial charge in [0.15, 0.2) is 17.2 Å². The minimum atomic E-state index is -0.995. The van der Waals surface area contributed by atoms with E-state index in [2.05, 4.69) is 10.6 Å². The highest BCUT2D eigenvalue weighted by atomic mass is 16.5.